The van der Waals surface area contributed by atoms with Crippen LogP contribution in [0.3, 0.4) is 0 Å². The van der Waals surface area contributed by atoms with Crippen LogP contribution in [0.25, 0.3) is 0 Å². The summed E-state index contributed by atoms with van der Waals surface area (Å²) in [7, 11) is 2.02. The molecule has 0 aromatic heterocycles. The van der Waals surface area contributed by atoms with Gasteiger partial charge in [-0.05, 0) is 80.0 Å². The summed E-state index contributed by atoms with van der Waals surface area (Å²) in [5.74, 6) is 7.33. The van der Waals surface area contributed by atoms with Gasteiger partial charge in [-0.3, -0.25) is 0 Å². The molecule has 7 fully saturated rings. The van der Waals surface area contributed by atoms with Crippen molar-refractivity contribution in [2.45, 2.75) is 44.1 Å². The predicted molar refractivity (Wildman–Crippen MR) is 61.9 cm³/mol. The lowest BCUT2D eigenvalue weighted by Gasteiger charge is -2.73. The van der Waals surface area contributed by atoms with E-state index in [2.05, 4.69) is 0 Å². The van der Waals surface area contributed by atoms with E-state index in [0.29, 0.717) is 5.60 Å². The first kappa shape index (κ1) is 8.97. The van der Waals surface area contributed by atoms with Gasteiger partial charge in [-0.25, -0.2) is 0 Å². The fourth-order valence-electron chi connectivity index (χ4n) is 7.25. The van der Waals surface area contributed by atoms with Crippen molar-refractivity contribution < 1.29 is 4.74 Å². The van der Waals surface area contributed by atoms with Crippen molar-refractivity contribution in [2.75, 3.05) is 7.11 Å². The van der Waals surface area contributed by atoms with Crippen molar-refractivity contribution in [3.05, 3.63) is 0 Å². The van der Waals surface area contributed by atoms with E-state index < -0.39 is 0 Å². The van der Waals surface area contributed by atoms with E-state index in [9.17, 15) is 0 Å². The first-order valence-corrected chi connectivity index (χ1v) is 7.37. The maximum atomic E-state index is 6.19. The molecule has 8 bridgehead atoms. The highest BCUT2D eigenvalue weighted by atomic mass is 16.5. The lowest BCUT2D eigenvalue weighted by molar-refractivity contribution is -0.297. The Labute approximate surface area is 97.9 Å². The Morgan fingerprint density at radius 3 is 2.06 bits per heavy atom. The van der Waals surface area contributed by atoms with Gasteiger partial charge in [-0.1, -0.05) is 0 Å². The van der Waals surface area contributed by atoms with Gasteiger partial charge in [0, 0.05) is 7.11 Å². The summed E-state index contributed by atoms with van der Waals surface area (Å²) >= 11 is 0. The molecule has 7 rings (SSSR count). The highest BCUT2D eigenvalue weighted by Gasteiger charge is 2.70. The minimum Gasteiger partial charge on any atom is -0.378 e. The summed E-state index contributed by atoms with van der Waals surface area (Å²) in [5.41, 5.74) is 0.365. The summed E-state index contributed by atoms with van der Waals surface area (Å²) < 4.78 is 6.19. The molecule has 4 unspecified atom stereocenters. The monoisotopic (exact) mass is 218 g/mol. The standard InChI is InChI=1S/C15H22O/c1-16-15-7-9-3-11-10-2-8(5-13(11)15)6-14(15)12(10)4-9/h8-14H,2-7H2,1H3. The molecule has 1 heteroatoms. The topological polar surface area (TPSA) is 9.23 Å². The average Bonchev–Trinajstić information content (AvgIpc) is 2.34. The SMILES string of the molecule is COC12CC3CC4C5CC(CC41)CC2C5C3. The zero-order valence-corrected chi connectivity index (χ0v) is 10.2. The fraction of sp³-hybridized carbons (Fsp3) is 1.00. The summed E-state index contributed by atoms with van der Waals surface area (Å²) in [4.78, 5) is 0. The number of hydrogen-bond donors (Lipinski definition) is 0. The van der Waals surface area contributed by atoms with Crippen LogP contribution in [0.2, 0.25) is 0 Å². The molecule has 4 atom stereocenters. The third-order valence-corrected chi connectivity index (χ3v) is 7.37. The summed E-state index contributed by atoms with van der Waals surface area (Å²) in [5, 5.41) is 0. The van der Waals surface area contributed by atoms with Crippen molar-refractivity contribution in [1.29, 1.82) is 0 Å². The third-order valence-electron chi connectivity index (χ3n) is 7.37. The fourth-order valence-corrected chi connectivity index (χ4v) is 7.25. The van der Waals surface area contributed by atoms with Crippen LogP contribution in [0.15, 0.2) is 0 Å². The molecule has 0 spiro atoms. The Morgan fingerprint density at radius 1 is 0.812 bits per heavy atom. The first-order valence-electron chi connectivity index (χ1n) is 7.37. The molecule has 7 aliphatic carbocycles. The highest BCUT2D eigenvalue weighted by molar-refractivity contribution is 5.19. The normalized spacial score (nSPS) is 69.2. The molecule has 16 heavy (non-hydrogen) atoms. The third kappa shape index (κ3) is 0.749. The minimum atomic E-state index is 0.365. The predicted octanol–water partition coefficient (Wildman–Crippen LogP) is 3.09. The summed E-state index contributed by atoms with van der Waals surface area (Å²) in [6, 6.07) is 0. The number of rotatable bonds is 1. The van der Waals surface area contributed by atoms with E-state index in [1.807, 2.05) is 7.11 Å². The second kappa shape index (κ2) is 2.53. The van der Waals surface area contributed by atoms with Crippen molar-refractivity contribution in [1.82, 2.24) is 0 Å². The largest absolute Gasteiger partial charge is 0.378 e. The molecular weight excluding hydrogens is 196 g/mol. The van der Waals surface area contributed by atoms with Crippen LogP contribution in [0, 0.1) is 41.4 Å². The summed E-state index contributed by atoms with van der Waals surface area (Å²) in [6.45, 7) is 0. The highest BCUT2D eigenvalue weighted by Crippen LogP contribution is 2.73. The van der Waals surface area contributed by atoms with E-state index in [0.717, 1.165) is 41.4 Å². The van der Waals surface area contributed by atoms with Crippen LogP contribution in [0.4, 0.5) is 0 Å². The molecule has 0 aromatic carbocycles. The lowest BCUT2D eigenvalue weighted by Crippen LogP contribution is -2.71. The molecule has 0 heterocycles. The van der Waals surface area contributed by atoms with Crippen LogP contribution in [-0.4, -0.2) is 12.7 Å². The second-order valence-corrected chi connectivity index (χ2v) is 7.48. The van der Waals surface area contributed by atoms with Crippen LogP contribution < -0.4 is 0 Å². The number of ether oxygens (including phenoxy) is 1. The van der Waals surface area contributed by atoms with Gasteiger partial charge in [0.2, 0.25) is 0 Å². The molecule has 0 N–H and O–H groups in total. The van der Waals surface area contributed by atoms with Crippen LogP contribution in [0.5, 0.6) is 0 Å². The molecular formula is C15H22O. The van der Waals surface area contributed by atoms with Gasteiger partial charge in [-0.2, -0.15) is 0 Å². The maximum absolute atomic E-state index is 6.19. The van der Waals surface area contributed by atoms with Gasteiger partial charge in [-0.15, -0.1) is 0 Å². The lowest BCUT2D eigenvalue weighted by atomic mass is 9.34. The smallest absolute Gasteiger partial charge is 0.0743 e. The molecule has 0 saturated heterocycles. The van der Waals surface area contributed by atoms with Gasteiger partial charge in [0.15, 0.2) is 0 Å². The Bertz CT molecular complexity index is 325. The zero-order valence-electron chi connectivity index (χ0n) is 10.2. The zero-order chi connectivity index (χ0) is 10.5. The van der Waals surface area contributed by atoms with E-state index >= 15 is 0 Å². The maximum Gasteiger partial charge on any atom is 0.0743 e. The minimum absolute atomic E-state index is 0.365. The van der Waals surface area contributed by atoms with Crippen molar-refractivity contribution >= 4 is 0 Å². The Balaban J connectivity index is 1.71. The molecule has 0 aromatic rings. The molecule has 88 valence electrons. The number of methoxy groups -OCH3 is 1. The molecule has 0 aliphatic heterocycles. The number of hydrogen-bond acceptors (Lipinski definition) is 1. The van der Waals surface area contributed by atoms with E-state index in [4.69, 9.17) is 4.74 Å². The van der Waals surface area contributed by atoms with Gasteiger partial charge >= 0.3 is 0 Å². The van der Waals surface area contributed by atoms with E-state index in [1.54, 1.807) is 19.3 Å². The Hall–Kier alpha value is -0.0400. The Morgan fingerprint density at radius 2 is 1.44 bits per heavy atom. The summed E-state index contributed by atoms with van der Waals surface area (Å²) in [6.07, 6.45) is 9.18. The van der Waals surface area contributed by atoms with Gasteiger partial charge in [0.25, 0.3) is 0 Å². The molecule has 1 nitrogen and oxygen atoms in total. The van der Waals surface area contributed by atoms with Crippen molar-refractivity contribution in [2.24, 2.45) is 41.4 Å². The van der Waals surface area contributed by atoms with Crippen molar-refractivity contribution in [3.8, 4) is 0 Å². The van der Waals surface area contributed by atoms with Crippen LogP contribution in [0.1, 0.15) is 38.5 Å². The molecule has 0 amide bonds. The van der Waals surface area contributed by atoms with Gasteiger partial charge < -0.3 is 4.74 Å². The molecule has 0 radical (unpaired) electrons. The van der Waals surface area contributed by atoms with Crippen molar-refractivity contribution in [3.63, 3.8) is 0 Å². The second-order valence-electron chi connectivity index (χ2n) is 7.48. The Kier molecular flexibility index (Phi) is 1.42. The average molecular weight is 218 g/mol. The molecule has 7 saturated carbocycles. The first-order chi connectivity index (χ1) is 7.82. The van der Waals surface area contributed by atoms with E-state index in [-0.39, 0.29) is 0 Å². The molecule has 7 aliphatic rings. The van der Waals surface area contributed by atoms with Gasteiger partial charge in [0.05, 0.1) is 5.60 Å². The quantitative estimate of drug-likeness (QED) is 0.657. The van der Waals surface area contributed by atoms with Crippen LogP contribution in [-0.2, 0) is 4.74 Å². The van der Waals surface area contributed by atoms with Gasteiger partial charge in [0.1, 0.15) is 0 Å². The van der Waals surface area contributed by atoms with Crippen LogP contribution >= 0.6 is 0 Å². The van der Waals surface area contributed by atoms with E-state index in [1.165, 1.54) is 19.3 Å².